The van der Waals surface area contributed by atoms with Crippen LogP contribution in [0.2, 0.25) is 0 Å². The summed E-state index contributed by atoms with van der Waals surface area (Å²) in [5.74, 6) is -0.729. The standard InChI is InChI=1S/C6H7FN2O.C2H6/c1-4-3-8-5(7)6(9-4)10-2;1-2/h3H,1-2H3;1-2H3. The molecule has 3 nitrogen and oxygen atoms in total. The van der Waals surface area contributed by atoms with Gasteiger partial charge in [0.2, 0.25) is 0 Å². The van der Waals surface area contributed by atoms with Gasteiger partial charge in [0, 0.05) is 0 Å². The minimum Gasteiger partial charge on any atom is -0.478 e. The van der Waals surface area contributed by atoms with Crippen LogP contribution in [0.4, 0.5) is 4.39 Å². The molecule has 0 aliphatic carbocycles. The Balaban J connectivity index is 0.000000561. The highest BCUT2D eigenvalue weighted by atomic mass is 19.1. The third kappa shape index (κ3) is 2.82. The van der Waals surface area contributed by atoms with Crippen molar-refractivity contribution in [3.8, 4) is 5.88 Å². The van der Waals surface area contributed by atoms with Gasteiger partial charge in [-0.2, -0.15) is 4.39 Å². The Morgan fingerprint density at radius 1 is 1.42 bits per heavy atom. The van der Waals surface area contributed by atoms with Gasteiger partial charge < -0.3 is 4.74 Å². The van der Waals surface area contributed by atoms with Crippen LogP contribution >= 0.6 is 0 Å². The zero-order chi connectivity index (χ0) is 9.56. The third-order valence-electron chi connectivity index (χ3n) is 1.01. The molecule has 1 heterocycles. The van der Waals surface area contributed by atoms with E-state index in [1.807, 2.05) is 13.8 Å². The number of hydrogen-bond donors (Lipinski definition) is 0. The summed E-state index contributed by atoms with van der Waals surface area (Å²) in [6.07, 6.45) is 1.35. The number of aromatic nitrogens is 2. The van der Waals surface area contributed by atoms with E-state index < -0.39 is 5.95 Å². The number of methoxy groups -OCH3 is 1. The number of nitrogens with zero attached hydrogens (tertiary/aromatic N) is 2. The van der Waals surface area contributed by atoms with E-state index in [0.29, 0.717) is 5.69 Å². The average Bonchev–Trinajstić information content (AvgIpc) is 2.13. The third-order valence-corrected chi connectivity index (χ3v) is 1.01. The van der Waals surface area contributed by atoms with E-state index in [9.17, 15) is 4.39 Å². The number of aryl methyl sites for hydroxylation is 1. The molecule has 12 heavy (non-hydrogen) atoms. The maximum Gasteiger partial charge on any atom is 0.275 e. The maximum absolute atomic E-state index is 12.5. The lowest BCUT2D eigenvalue weighted by Crippen LogP contribution is -1.96. The van der Waals surface area contributed by atoms with Crippen LogP contribution in [0.25, 0.3) is 0 Å². The van der Waals surface area contributed by atoms with Crippen molar-refractivity contribution in [2.45, 2.75) is 20.8 Å². The zero-order valence-electron chi connectivity index (χ0n) is 7.76. The van der Waals surface area contributed by atoms with E-state index in [2.05, 4.69) is 14.7 Å². The average molecular weight is 172 g/mol. The summed E-state index contributed by atoms with van der Waals surface area (Å²) in [5.41, 5.74) is 0.637. The van der Waals surface area contributed by atoms with E-state index in [1.165, 1.54) is 13.3 Å². The summed E-state index contributed by atoms with van der Waals surface area (Å²) in [7, 11) is 1.35. The summed E-state index contributed by atoms with van der Waals surface area (Å²) in [6, 6.07) is 0. The van der Waals surface area contributed by atoms with Crippen molar-refractivity contribution in [2.75, 3.05) is 7.11 Å². The smallest absolute Gasteiger partial charge is 0.275 e. The molecule has 1 aromatic heterocycles. The highest BCUT2D eigenvalue weighted by Crippen LogP contribution is 2.08. The fraction of sp³-hybridized carbons (Fsp3) is 0.500. The van der Waals surface area contributed by atoms with Gasteiger partial charge in [0.05, 0.1) is 19.0 Å². The first-order valence-corrected chi connectivity index (χ1v) is 3.77. The molecule has 0 unspecified atom stereocenters. The Labute approximate surface area is 71.6 Å². The van der Waals surface area contributed by atoms with Crippen molar-refractivity contribution in [3.63, 3.8) is 0 Å². The normalized spacial score (nSPS) is 8.42. The lowest BCUT2D eigenvalue weighted by Gasteiger charge is -1.98. The van der Waals surface area contributed by atoms with E-state index in [4.69, 9.17) is 0 Å². The highest BCUT2D eigenvalue weighted by Gasteiger charge is 2.03. The second-order valence-corrected chi connectivity index (χ2v) is 1.81. The molecule has 0 aliphatic heterocycles. The van der Waals surface area contributed by atoms with Crippen molar-refractivity contribution >= 4 is 0 Å². The van der Waals surface area contributed by atoms with Gasteiger partial charge in [-0.15, -0.1) is 0 Å². The number of hydrogen-bond acceptors (Lipinski definition) is 3. The van der Waals surface area contributed by atoms with Gasteiger partial charge in [-0.05, 0) is 6.92 Å². The summed E-state index contributed by atoms with van der Waals surface area (Å²) in [6.45, 7) is 5.72. The quantitative estimate of drug-likeness (QED) is 0.649. The molecule has 1 rings (SSSR count). The molecule has 0 bridgehead atoms. The van der Waals surface area contributed by atoms with Crippen LogP contribution < -0.4 is 4.74 Å². The van der Waals surface area contributed by atoms with Gasteiger partial charge in [0.15, 0.2) is 0 Å². The van der Waals surface area contributed by atoms with E-state index in [-0.39, 0.29) is 5.88 Å². The fourth-order valence-corrected chi connectivity index (χ4v) is 0.570. The Morgan fingerprint density at radius 2 is 2.00 bits per heavy atom. The Hall–Kier alpha value is -1.19. The van der Waals surface area contributed by atoms with Gasteiger partial charge in [-0.3, -0.25) is 0 Å². The van der Waals surface area contributed by atoms with Crippen LogP contribution in [0.1, 0.15) is 19.5 Å². The van der Waals surface area contributed by atoms with Crippen molar-refractivity contribution in [3.05, 3.63) is 17.8 Å². The molecular formula is C8H13FN2O. The lowest BCUT2D eigenvalue weighted by atomic mass is 10.5. The first kappa shape index (κ1) is 10.8. The SMILES string of the molecule is CC.COc1nc(C)cnc1F. The van der Waals surface area contributed by atoms with Crippen molar-refractivity contribution in [1.29, 1.82) is 0 Å². The van der Waals surface area contributed by atoms with E-state index in [0.717, 1.165) is 0 Å². The van der Waals surface area contributed by atoms with E-state index in [1.54, 1.807) is 6.92 Å². The predicted octanol–water partition coefficient (Wildman–Crippen LogP) is 1.96. The Bertz CT molecular complexity index is 240. The number of ether oxygens (including phenoxy) is 1. The van der Waals surface area contributed by atoms with Crippen LogP contribution in [0.3, 0.4) is 0 Å². The molecule has 0 aliphatic rings. The minimum atomic E-state index is -0.673. The molecule has 0 spiro atoms. The van der Waals surface area contributed by atoms with Crippen molar-refractivity contribution in [2.24, 2.45) is 0 Å². The summed E-state index contributed by atoms with van der Waals surface area (Å²) < 4.78 is 17.0. The minimum absolute atomic E-state index is 0.0556. The Kier molecular flexibility index (Phi) is 4.92. The van der Waals surface area contributed by atoms with Crippen LogP contribution in [0, 0.1) is 12.9 Å². The molecule has 0 saturated carbocycles. The van der Waals surface area contributed by atoms with Crippen LogP contribution in [0.5, 0.6) is 5.88 Å². The predicted molar refractivity (Wildman–Crippen MR) is 44.6 cm³/mol. The van der Waals surface area contributed by atoms with Gasteiger partial charge >= 0.3 is 0 Å². The molecule has 0 atom stereocenters. The molecule has 0 aromatic carbocycles. The largest absolute Gasteiger partial charge is 0.478 e. The topological polar surface area (TPSA) is 35.0 Å². The molecule has 68 valence electrons. The molecule has 4 heteroatoms. The highest BCUT2D eigenvalue weighted by molar-refractivity contribution is 5.08. The van der Waals surface area contributed by atoms with Crippen LogP contribution in [-0.4, -0.2) is 17.1 Å². The fourth-order valence-electron chi connectivity index (χ4n) is 0.570. The van der Waals surface area contributed by atoms with Gasteiger partial charge in [-0.25, -0.2) is 9.97 Å². The first-order chi connectivity index (χ1) is 5.74. The molecule has 0 radical (unpaired) electrons. The Morgan fingerprint density at radius 3 is 2.42 bits per heavy atom. The van der Waals surface area contributed by atoms with Crippen LogP contribution in [0.15, 0.2) is 6.20 Å². The first-order valence-electron chi connectivity index (χ1n) is 3.77. The van der Waals surface area contributed by atoms with Crippen LogP contribution in [-0.2, 0) is 0 Å². The van der Waals surface area contributed by atoms with Gasteiger partial charge in [-0.1, -0.05) is 13.8 Å². The maximum atomic E-state index is 12.5. The zero-order valence-corrected chi connectivity index (χ0v) is 7.76. The molecule has 0 saturated heterocycles. The van der Waals surface area contributed by atoms with E-state index >= 15 is 0 Å². The molecule has 0 amide bonds. The number of halogens is 1. The van der Waals surface area contributed by atoms with Gasteiger partial charge in [0.1, 0.15) is 0 Å². The molecular weight excluding hydrogens is 159 g/mol. The summed E-state index contributed by atoms with van der Waals surface area (Å²) in [5, 5.41) is 0. The summed E-state index contributed by atoms with van der Waals surface area (Å²) >= 11 is 0. The molecule has 0 fully saturated rings. The van der Waals surface area contributed by atoms with Crippen molar-refractivity contribution < 1.29 is 9.13 Å². The second kappa shape index (κ2) is 5.46. The van der Waals surface area contributed by atoms with Gasteiger partial charge in [0.25, 0.3) is 11.8 Å². The summed E-state index contributed by atoms with van der Waals surface area (Å²) in [4.78, 5) is 7.13. The molecule has 0 N–H and O–H groups in total. The van der Waals surface area contributed by atoms with Crippen molar-refractivity contribution in [1.82, 2.24) is 9.97 Å². The number of rotatable bonds is 1. The lowest BCUT2D eigenvalue weighted by molar-refractivity contribution is 0.359. The second-order valence-electron chi connectivity index (χ2n) is 1.81. The monoisotopic (exact) mass is 172 g/mol. The molecule has 1 aromatic rings.